The van der Waals surface area contributed by atoms with Crippen LogP contribution in [0.4, 0.5) is 11.5 Å². The van der Waals surface area contributed by atoms with Crippen LogP contribution in [0.25, 0.3) is 10.1 Å². The Balaban J connectivity index is 1.01. The summed E-state index contributed by atoms with van der Waals surface area (Å²) in [7, 11) is 1.75. The number of nitrogens with one attached hydrogen (secondary N) is 1. The van der Waals surface area contributed by atoms with Crippen LogP contribution in [-0.4, -0.2) is 57.5 Å². The minimum atomic E-state index is -0.204. The molecule has 222 valence electrons. The summed E-state index contributed by atoms with van der Waals surface area (Å²) >= 11 is 1.74. The summed E-state index contributed by atoms with van der Waals surface area (Å²) in [5, 5.41) is 3.94. The number of aryl methyl sites for hydroxylation is 3. The number of aliphatic imine (C=N–C) groups is 1. The van der Waals surface area contributed by atoms with E-state index in [2.05, 4.69) is 34.3 Å². The second kappa shape index (κ2) is 12.1. The van der Waals surface area contributed by atoms with Crippen LogP contribution < -0.4 is 10.1 Å². The van der Waals surface area contributed by atoms with Gasteiger partial charge >= 0.3 is 0 Å². The zero-order valence-corrected chi connectivity index (χ0v) is 25.5. The van der Waals surface area contributed by atoms with E-state index < -0.39 is 0 Å². The zero-order chi connectivity index (χ0) is 30.1. The number of Topliss-reactive ketones (excluding diaryl/α,β-unsaturated/α-hetero) is 1. The molecular formula is C33H35N5O4S. The Kier molecular flexibility index (Phi) is 8.12. The maximum atomic E-state index is 13.1. The van der Waals surface area contributed by atoms with Gasteiger partial charge < -0.3 is 19.5 Å². The van der Waals surface area contributed by atoms with Crippen molar-refractivity contribution in [2.24, 2.45) is 12.0 Å². The Labute approximate surface area is 254 Å². The van der Waals surface area contributed by atoms with Gasteiger partial charge in [0.15, 0.2) is 11.6 Å². The number of hydrogen-bond acceptors (Lipinski definition) is 7. The summed E-state index contributed by atoms with van der Waals surface area (Å²) < 4.78 is 8.85. The second-order valence-electron chi connectivity index (χ2n) is 11.4. The Hall–Kier alpha value is -4.31. The van der Waals surface area contributed by atoms with Crippen molar-refractivity contribution in [3.8, 4) is 5.75 Å². The molecule has 0 unspecified atom stereocenters. The first-order valence-corrected chi connectivity index (χ1v) is 15.5. The molecule has 0 aliphatic carbocycles. The van der Waals surface area contributed by atoms with Crippen molar-refractivity contribution in [1.29, 1.82) is 0 Å². The SMILES string of the molecule is Cc1cc2cc(CC(=O)c3nc(NC(=O)CCCOc4cc5c(cc4C)C(=O)N4CCCC[C@H]4C=N5)cn3C)ccc2s1. The Morgan fingerprint density at radius 2 is 2.00 bits per heavy atom. The van der Waals surface area contributed by atoms with Crippen LogP contribution in [0.2, 0.25) is 0 Å². The fourth-order valence-electron chi connectivity index (χ4n) is 5.80. The predicted molar refractivity (Wildman–Crippen MR) is 169 cm³/mol. The van der Waals surface area contributed by atoms with Gasteiger partial charge in [-0.3, -0.25) is 19.4 Å². The van der Waals surface area contributed by atoms with Crippen molar-refractivity contribution in [2.45, 2.75) is 58.4 Å². The zero-order valence-electron chi connectivity index (χ0n) is 24.7. The first-order chi connectivity index (χ1) is 20.7. The lowest BCUT2D eigenvalue weighted by Gasteiger charge is -2.32. The summed E-state index contributed by atoms with van der Waals surface area (Å²) in [6, 6.07) is 11.9. The molecule has 0 bridgehead atoms. The molecule has 0 radical (unpaired) electrons. The van der Waals surface area contributed by atoms with Crippen molar-refractivity contribution in [2.75, 3.05) is 18.5 Å². The van der Waals surface area contributed by atoms with Gasteiger partial charge in [-0.25, -0.2) is 4.98 Å². The summed E-state index contributed by atoms with van der Waals surface area (Å²) in [4.78, 5) is 50.9. The number of hydrogen-bond donors (Lipinski definition) is 1. The van der Waals surface area contributed by atoms with Crippen molar-refractivity contribution in [1.82, 2.24) is 14.5 Å². The van der Waals surface area contributed by atoms with Gasteiger partial charge in [0.25, 0.3) is 5.91 Å². The molecule has 2 amide bonds. The average Bonchev–Trinajstić information content (AvgIpc) is 3.51. The van der Waals surface area contributed by atoms with E-state index in [0.717, 1.165) is 42.3 Å². The van der Waals surface area contributed by atoms with Gasteiger partial charge in [0.2, 0.25) is 11.7 Å². The van der Waals surface area contributed by atoms with Crippen molar-refractivity contribution >= 4 is 56.7 Å². The lowest BCUT2D eigenvalue weighted by molar-refractivity contribution is -0.116. The molecule has 2 aromatic carbocycles. The van der Waals surface area contributed by atoms with Gasteiger partial charge in [0.05, 0.1) is 23.9 Å². The van der Waals surface area contributed by atoms with Gasteiger partial charge in [-0.05, 0) is 80.3 Å². The maximum absolute atomic E-state index is 13.1. The van der Waals surface area contributed by atoms with E-state index in [1.54, 1.807) is 29.1 Å². The summed E-state index contributed by atoms with van der Waals surface area (Å²) in [5.41, 5.74) is 3.03. The number of benzene rings is 2. The van der Waals surface area contributed by atoms with Gasteiger partial charge in [-0.1, -0.05) is 6.07 Å². The van der Waals surface area contributed by atoms with Crippen molar-refractivity contribution < 1.29 is 19.1 Å². The third-order valence-corrected chi connectivity index (χ3v) is 9.02. The molecule has 9 nitrogen and oxygen atoms in total. The van der Waals surface area contributed by atoms with E-state index >= 15 is 0 Å². The number of carbonyl (C=O) groups is 3. The van der Waals surface area contributed by atoms with Crippen LogP contribution in [0.3, 0.4) is 0 Å². The highest BCUT2D eigenvalue weighted by Gasteiger charge is 2.30. The number of rotatable bonds is 9. The van der Waals surface area contributed by atoms with E-state index in [1.807, 2.05) is 42.3 Å². The van der Waals surface area contributed by atoms with Gasteiger partial charge in [0, 0.05) is 54.5 Å². The van der Waals surface area contributed by atoms with E-state index in [4.69, 9.17) is 4.74 Å². The minimum absolute atomic E-state index is 0.0258. The van der Waals surface area contributed by atoms with E-state index in [9.17, 15) is 14.4 Å². The molecule has 0 saturated carbocycles. The van der Waals surface area contributed by atoms with Crippen LogP contribution in [-0.2, 0) is 18.3 Å². The number of nitrogens with zero attached hydrogens (tertiary/aromatic N) is 4. The smallest absolute Gasteiger partial charge is 0.256 e. The molecule has 6 rings (SSSR count). The van der Waals surface area contributed by atoms with Crippen LogP contribution in [0.5, 0.6) is 5.75 Å². The van der Waals surface area contributed by atoms with Gasteiger partial charge in [-0.15, -0.1) is 11.3 Å². The molecule has 2 aliphatic heterocycles. The Morgan fingerprint density at radius 1 is 1.14 bits per heavy atom. The maximum Gasteiger partial charge on any atom is 0.256 e. The quantitative estimate of drug-likeness (QED) is 0.183. The number of ether oxygens (including phenoxy) is 1. The normalized spacial score (nSPS) is 16.1. The Morgan fingerprint density at radius 3 is 2.86 bits per heavy atom. The number of amides is 2. The predicted octanol–water partition coefficient (Wildman–Crippen LogP) is 6.19. The van der Waals surface area contributed by atoms with E-state index in [1.165, 1.54) is 9.58 Å². The van der Waals surface area contributed by atoms with Crippen LogP contribution in [0.1, 0.15) is 69.1 Å². The third kappa shape index (κ3) is 6.24. The first kappa shape index (κ1) is 28.8. The molecule has 2 aromatic heterocycles. The number of fused-ring (bicyclic) bond motifs is 3. The standard InChI is InChI=1S/C33H35N5O4S/c1-20-13-25-26(34-18-24-7-4-5-11-38(24)33(25)41)17-28(20)42-12-6-8-31(40)35-30-19-37(3)32(36-30)27(39)16-22-9-10-29-23(15-22)14-21(2)43-29/h9-10,13-15,17-19,24H,4-8,11-12,16H2,1-3H3,(H,35,40)/t24-/m0/s1. The van der Waals surface area contributed by atoms with Gasteiger partial charge in [0.1, 0.15) is 5.75 Å². The molecule has 2 aliphatic rings. The molecule has 43 heavy (non-hydrogen) atoms. The highest BCUT2D eigenvalue weighted by Crippen LogP contribution is 2.34. The van der Waals surface area contributed by atoms with Crippen LogP contribution in [0, 0.1) is 13.8 Å². The number of imidazole rings is 1. The monoisotopic (exact) mass is 597 g/mol. The van der Waals surface area contributed by atoms with Crippen LogP contribution >= 0.6 is 11.3 Å². The molecule has 1 N–H and O–H groups in total. The molecular weight excluding hydrogens is 562 g/mol. The molecule has 1 atom stereocenters. The number of ketones is 1. The molecule has 4 heterocycles. The van der Waals surface area contributed by atoms with E-state index in [-0.39, 0.29) is 36.5 Å². The topological polar surface area (TPSA) is 106 Å². The number of piperidine rings is 1. The highest BCUT2D eigenvalue weighted by atomic mass is 32.1. The van der Waals surface area contributed by atoms with Crippen LogP contribution in [0.15, 0.2) is 47.6 Å². The minimum Gasteiger partial charge on any atom is -0.493 e. The molecule has 1 fully saturated rings. The molecule has 10 heteroatoms. The van der Waals surface area contributed by atoms with E-state index in [0.29, 0.717) is 41.7 Å². The Bertz CT molecular complexity index is 1750. The first-order valence-electron chi connectivity index (χ1n) is 14.7. The summed E-state index contributed by atoms with van der Waals surface area (Å²) in [5.74, 6) is 1.02. The third-order valence-electron chi connectivity index (χ3n) is 7.99. The number of thiophene rings is 1. The average molecular weight is 598 g/mol. The highest BCUT2D eigenvalue weighted by molar-refractivity contribution is 7.19. The number of aromatic nitrogens is 2. The number of anilines is 1. The fourth-order valence-corrected chi connectivity index (χ4v) is 6.71. The second-order valence-corrected chi connectivity index (χ2v) is 12.7. The summed E-state index contributed by atoms with van der Waals surface area (Å²) in [6.45, 7) is 5.08. The largest absolute Gasteiger partial charge is 0.493 e. The number of carbonyl (C=O) groups excluding carboxylic acids is 3. The molecule has 0 spiro atoms. The lowest BCUT2D eigenvalue weighted by Crippen LogP contribution is -2.43. The molecule has 4 aromatic rings. The summed E-state index contributed by atoms with van der Waals surface area (Å²) in [6.07, 6.45) is 7.56. The molecule has 1 saturated heterocycles. The van der Waals surface area contributed by atoms with Gasteiger partial charge in [-0.2, -0.15) is 0 Å². The van der Waals surface area contributed by atoms with Crippen molar-refractivity contribution in [3.05, 3.63) is 70.0 Å². The lowest BCUT2D eigenvalue weighted by atomic mass is 10.0. The fraction of sp³-hybridized carbons (Fsp3) is 0.364. The van der Waals surface area contributed by atoms with Crippen molar-refractivity contribution in [3.63, 3.8) is 0 Å².